The Morgan fingerprint density at radius 2 is 2.00 bits per heavy atom. The Morgan fingerprint density at radius 3 is 2.89 bits per heavy atom. The summed E-state index contributed by atoms with van der Waals surface area (Å²) in [6.45, 7) is 5.07. The number of thiophene rings is 1. The molecule has 2 N–H and O–H groups in total. The van der Waals surface area contributed by atoms with Gasteiger partial charge in [0.25, 0.3) is 0 Å². The van der Waals surface area contributed by atoms with Crippen LogP contribution < -0.4 is 10.5 Å². The van der Waals surface area contributed by atoms with Gasteiger partial charge in [-0.15, -0.1) is 11.3 Å². The van der Waals surface area contributed by atoms with Crippen LogP contribution in [-0.4, -0.2) is 36.4 Å². The molecule has 0 amide bonds. The number of carbonyl (C=O) groups is 1. The maximum absolute atomic E-state index is 13.4. The zero-order valence-corrected chi connectivity index (χ0v) is 21.5. The molecule has 3 aromatic rings. The largest absolute Gasteiger partial charge is 0.494 e. The molecule has 2 aliphatic heterocycles. The van der Waals surface area contributed by atoms with Crippen molar-refractivity contribution in [3.63, 3.8) is 0 Å². The van der Waals surface area contributed by atoms with E-state index >= 15 is 0 Å². The summed E-state index contributed by atoms with van der Waals surface area (Å²) in [6.07, 6.45) is 11.9. The minimum absolute atomic E-state index is 0.0219. The van der Waals surface area contributed by atoms with Crippen LogP contribution in [0.4, 0.5) is 5.00 Å². The molecule has 1 aromatic heterocycles. The second-order valence-corrected chi connectivity index (χ2v) is 11.0. The van der Waals surface area contributed by atoms with Crippen LogP contribution in [0.15, 0.2) is 48.5 Å². The van der Waals surface area contributed by atoms with E-state index in [4.69, 9.17) is 10.5 Å². The maximum Gasteiger partial charge on any atom is 0.193 e. The standard InChI is InChI=1S/C30H36N2O2S/c1-2-3-6-18-34-25-10-7-8-22(19-25)29(33)23-12-14-27-26(20-23)28(30(31)35-27)21-11-13-24-9-4-5-16-32(24)17-15-21/h7-8,10,12,14-15,19-20,24H,2-6,9,11,13,16-18,31H2,1H3. The molecule has 0 radical (unpaired) electrons. The number of ether oxygens (including phenoxy) is 1. The molecule has 5 heteroatoms. The van der Waals surface area contributed by atoms with Crippen LogP contribution in [-0.2, 0) is 0 Å². The molecular weight excluding hydrogens is 452 g/mol. The van der Waals surface area contributed by atoms with Gasteiger partial charge in [-0.2, -0.15) is 0 Å². The molecular formula is C30H36N2O2S. The summed E-state index contributed by atoms with van der Waals surface area (Å²) in [5.74, 6) is 0.780. The van der Waals surface area contributed by atoms with Gasteiger partial charge in [0.05, 0.1) is 11.6 Å². The lowest BCUT2D eigenvalue weighted by Gasteiger charge is -2.33. The van der Waals surface area contributed by atoms with E-state index in [1.807, 2.05) is 36.4 Å². The van der Waals surface area contributed by atoms with Gasteiger partial charge >= 0.3 is 0 Å². The van der Waals surface area contributed by atoms with Crippen LogP contribution in [0.5, 0.6) is 5.75 Å². The third-order valence-corrected chi connectivity index (χ3v) is 8.48. The molecule has 1 saturated heterocycles. The number of allylic oxidation sites excluding steroid dienone is 1. The van der Waals surface area contributed by atoms with Crippen LogP contribution in [0.25, 0.3) is 15.7 Å². The highest BCUT2D eigenvalue weighted by atomic mass is 32.1. The highest BCUT2D eigenvalue weighted by Crippen LogP contribution is 2.42. The molecule has 2 aliphatic rings. The quantitative estimate of drug-likeness (QED) is 0.267. The molecule has 35 heavy (non-hydrogen) atoms. The van der Waals surface area contributed by atoms with Gasteiger partial charge in [0.2, 0.25) is 0 Å². The number of nitrogens with two attached hydrogens (primary N) is 1. The second kappa shape index (κ2) is 11.0. The van der Waals surface area contributed by atoms with Gasteiger partial charge in [0.1, 0.15) is 5.75 Å². The molecule has 0 spiro atoms. The van der Waals surface area contributed by atoms with Crippen molar-refractivity contribution in [1.82, 2.24) is 4.90 Å². The van der Waals surface area contributed by atoms with E-state index in [1.165, 1.54) is 37.8 Å². The van der Waals surface area contributed by atoms with E-state index in [2.05, 4.69) is 24.0 Å². The van der Waals surface area contributed by atoms with Crippen LogP contribution in [0.3, 0.4) is 0 Å². The molecule has 2 aromatic carbocycles. The van der Waals surface area contributed by atoms with Gasteiger partial charge in [-0.05, 0) is 74.6 Å². The Bertz CT molecular complexity index is 1230. The molecule has 0 aliphatic carbocycles. The number of rotatable bonds is 8. The zero-order valence-electron chi connectivity index (χ0n) is 20.7. The first-order valence-corrected chi connectivity index (χ1v) is 14.0. The zero-order chi connectivity index (χ0) is 24.2. The Morgan fingerprint density at radius 1 is 1.11 bits per heavy atom. The van der Waals surface area contributed by atoms with Crippen molar-refractivity contribution in [2.75, 3.05) is 25.4 Å². The predicted molar refractivity (Wildman–Crippen MR) is 148 cm³/mol. The molecule has 4 nitrogen and oxygen atoms in total. The number of piperidine rings is 1. The number of unbranched alkanes of at least 4 members (excludes halogenated alkanes) is 2. The van der Waals surface area contributed by atoms with Crippen molar-refractivity contribution in [2.24, 2.45) is 0 Å². The first-order chi connectivity index (χ1) is 17.1. The molecule has 5 rings (SSSR count). The lowest BCUT2D eigenvalue weighted by Crippen LogP contribution is -2.38. The van der Waals surface area contributed by atoms with Gasteiger partial charge in [-0.25, -0.2) is 0 Å². The fourth-order valence-electron chi connectivity index (χ4n) is 5.53. The van der Waals surface area contributed by atoms with Gasteiger partial charge in [0.15, 0.2) is 5.78 Å². The van der Waals surface area contributed by atoms with Crippen molar-refractivity contribution in [1.29, 1.82) is 0 Å². The average molecular weight is 489 g/mol. The van der Waals surface area contributed by atoms with E-state index in [0.717, 1.165) is 58.6 Å². The van der Waals surface area contributed by atoms with E-state index in [9.17, 15) is 4.79 Å². The van der Waals surface area contributed by atoms with Crippen LogP contribution in [0.1, 0.15) is 79.8 Å². The lowest BCUT2D eigenvalue weighted by molar-refractivity contribution is 0.103. The topological polar surface area (TPSA) is 55.6 Å². The van der Waals surface area contributed by atoms with E-state index < -0.39 is 0 Å². The van der Waals surface area contributed by atoms with Crippen molar-refractivity contribution < 1.29 is 9.53 Å². The van der Waals surface area contributed by atoms with Crippen LogP contribution >= 0.6 is 11.3 Å². The van der Waals surface area contributed by atoms with E-state index in [-0.39, 0.29) is 5.78 Å². The molecule has 3 heterocycles. The molecule has 1 fully saturated rings. The molecule has 184 valence electrons. The number of hydrogen-bond acceptors (Lipinski definition) is 5. The summed E-state index contributed by atoms with van der Waals surface area (Å²) >= 11 is 1.63. The smallest absolute Gasteiger partial charge is 0.193 e. The first-order valence-electron chi connectivity index (χ1n) is 13.2. The monoisotopic (exact) mass is 488 g/mol. The Hall–Kier alpha value is -2.63. The molecule has 1 atom stereocenters. The van der Waals surface area contributed by atoms with E-state index in [1.54, 1.807) is 11.3 Å². The number of benzene rings is 2. The summed E-state index contributed by atoms with van der Waals surface area (Å²) < 4.78 is 7.02. The third-order valence-electron chi connectivity index (χ3n) is 7.48. The van der Waals surface area contributed by atoms with Crippen molar-refractivity contribution in [3.05, 3.63) is 65.2 Å². The van der Waals surface area contributed by atoms with Crippen molar-refractivity contribution >= 4 is 37.8 Å². The molecule has 0 bridgehead atoms. The van der Waals surface area contributed by atoms with Gasteiger partial charge in [-0.1, -0.05) is 44.4 Å². The fraction of sp³-hybridized carbons (Fsp3) is 0.433. The summed E-state index contributed by atoms with van der Waals surface area (Å²) in [5.41, 5.74) is 10.4. The number of hydrogen-bond donors (Lipinski definition) is 1. The normalized spacial score (nSPS) is 18.7. The fourth-order valence-corrected chi connectivity index (χ4v) is 6.52. The second-order valence-electron chi connectivity index (χ2n) is 9.88. The summed E-state index contributed by atoms with van der Waals surface area (Å²) in [6, 6.07) is 14.3. The molecule has 0 saturated carbocycles. The van der Waals surface area contributed by atoms with Crippen molar-refractivity contribution in [2.45, 2.75) is 64.3 Å². The highest BCUT2D eigenvalue weighted by Gasteiger charge is 2.26. The third kappa shape index (κ3) is 5.31. The predicted octanol–water partition coefficient (Wildman–Crippen LogP) is 7.32. The maximum atomic E-state index is 13.4. The number of carbonyl (C=O) groups excluding carboxylic acids is 1. The summed E-state index contributed by atoms with van der Waals surface area (Å²) in [5, 5.41) is 1.97. The Labute approximate surface area is 212 Å². The minimum Gasteiger partial charge on any atom is -0.494 e. The van der Waals surface area contributed by atoms with Crippen LogP contribution in [0.2, 0.25) is 0 Å². The number of nitrogens with zero attached hydrogens (tertiary/aromatic N) is 1. The van der Waals surface area contributed by atoms with Crippen LogP contribution in [0, 0.1) is 0 Å². The molecule has 1 unspecified atom stereocenters. The highest BCUT2D eigenvalue weighted by molar-refractivity contribution is 7.23. The van der Waals surface area contributed by atoms with E-state index in [0.29, 0.717) is 23.8 Å². The first kappa shape index (κ1) is 24.1. The van der Waals surface area contributed by atoms with Gasteiger partial charge in [-0.3, -0.25) is 9.69 Å². The number of ketones is 1. The number of nitrogen functional groups attached to an aromatic ring is 1. The van der Waals surface area contributed by atoms with Gasteiger partial charge in [0, 0.05) is 39.4 Å². The Kier molecular flexibility index (Phi) is 7.54. The van der Waals surface area contributed by atoms with Crippen molar-refractivity contribution in [3.8, 4) is 5.75 Å². The number of fused-ring (bicyclic) bond motifs is 2. The number of anilines is 1. The Balaban J connectivity index is 1.40. The SMILES string of the molecule is CCCCCOc1cccc(C(=O)c2ccc3sc(N)c(C4=CCN5CCCCC5CC4)c3c2)c1. The summed E-state index contributed by atoms with van der Waals surface area (Å²) in [4.78, 5) is 16.1. The van der Waals surface area contributed by atoms with Gasteiger partial charge < -0.3 is 10.5 Å². The summed E-state index contributed by atoms with van der Waals surface area (Å²) in [7, 11) is 0. The minimum atomic E-state index is 0.0219. The average Bonchev–Trinajstić information content (AvgIpc) is 3.07. The lowest BCUT2D eigenvalue weighted by atomic mass is 9.94.